The molecular weight excluding hydrogens is 526 g/mol. The number of rotatable bonds is 13. The van der Waals surface area contributed by atoms with Gasteiger partial charge in [0, 0.05) is 31.7 Å². The minimum Gasteiger partial charge on any atom is -0.478 e. The molecule has 0 atom stereocenters. The molecular formula is C25H40BrN5O3Si. The fraction of sp³-hybridized carbons (Fsp3) is 0.640. The molecule has 2 aromatic rings. The molecule has 10 heteroatoms. The van der Waals surface area contributed by atoms with Crippen molar-refractivity contribution < 1.29 is 14.3 Å². The maximum absolute atomic E-state index is 13.4. The van der Waals surface area contributed by atoms with Crippen LogP contribution in [0, 0.1) is 5.41 Å². The summed E-state index contributed by atoms with van der Waals surface area (Å²) in [4.78, 5) is 19.5. The van der Waals surface area contributed by atoms with Crippen LogP contribution in [0.4, 0.5) is 5.82 Å². The lowest BCUT2D eigenvalue weighted by atomic mass is 9.85. The highest BCUT2D eigenvalue weighted by atomic mass is 79.9. The Labute approximate surface area is 218 Å². The Kier molecular flexibility index (Phi) is 9.39. The SMILES string of the molecule is CC(C)(CCCCCOc1cccc(Br)n1)C(=O)N1Cc2c(N)nn(COCC[Si](C)(C)C)c2C1. The first-order valence-corrected chi connectivity index (χ1v) is 16.9. The molecule has 1 aliphatic heterocycles. The summed E-state index contributed by atoms with van der Waals surface area (Å²) < 4.78 is 14.2. The van der Waals surface area contributed by atoms with Gasteiger partial charge in [-0.3, -0.25) is 4.79 Å². The number of fused-ring (bicyclic) bond motifs is 1. The van der Waals surface area contributed by atoms with Crippen LogP contribution in [0.15, 0.2) is 22.8 Å². The number of aromatic nitrogens is 3. The molecule has 0 unspecified atom stereocenters. The maximum atomic E-state index is 13.4. The van der Waals surface area contributed by atoms with Crippen molar-refractivity contribution in [2.45, 2.75) is 85.0 Å². The normalized spacial score (nSPS) is 13.8. The number of hydrogen-bond donors (Lipinski definition) is 1. The number of unbranched alkanes of at least 4 members (excludes halogenated alkanes) is 2. The largest absolute Gasteiger partial charge is 0.478 e. The van der Waals surface area contributed by atoms with Gasteiger partial charge in [-0.05, 0) is 40.9 Å². The molecule has 1 aliphatic rings. The fourth-order valence-corrected chi connectivity index (χ4v) is 5.22. The van der Waals surface area contributed by atoms with Gasteiger partial charge in [0.1, 0.15) is 11.3 Å². The summed E-state index contributed by atoms with van der Waals surface area (Å²) in [6.07, 6.45) is 3.73. The molecule has 0 radical (unpaired) electrons. The highest BCUT2D eigenvalue weighted by Gasteiger charge is 2.37. The summed E-state index contributed by atoms with van der Waals surface area (Å²) in [6, 6.07) is 6.74. The average Bonchev–Trinajstić information content (AvgIpc) is 3.33. The Morgan fingerprint density at radius 2 is 1.94 bits per heavy atom. The van der Waals surface area contributed by atoms with Gasteiger partial charge in [-0.25, -0.2) is 9.67 Å². The number of nitrogens with two attached hydrogens (primary N) is 1. The lowest BCUT2D eigenvalue weighted by Crippen LogP contribution is -2.38. The zero-order valence-corrected chi connectivity index (χ0v) is 24.4. The molecule has 35 heavy (non-hydrogen) atoms. The van der Waals surface area contributed by atoms with E-state index in [0.717, 1.165) is 54.2 Å². The number of hydrogen-bond acceptors (Lipinski definition) is 6. The Morgan fingerprint density at radius 1 is 1.17 bits per heavy atom. The first-order valence-electron chi connectivity index (χ1n) is 12.4. The second kappa shape index (κ2) is 11.9. The van der Waals surface area contributed by atoms with Crippen LogP contribution in [0.2, 0.25) is 25.7 Å². The topological polar surface area (TPSA) is 95.5 Å². The lowest BCUT2D eigenvalue weighted by Gasteiger charge is -2.29. The van der Waals surface area contributed by atoms with E-state index in [1.165, 1.54) is 0 Å². The quantitative estimate of drug-likeness (QED) is 0.197. The second-order valence-corrected chi connectivity index (χ2v) is 17.6. The molecule has 0 fully saturated rings. The van der Waals surface area contributed by atoms with Crippen LogP contribution in [-0.2, 0) is 29.4 Å². The van der Waals surface area contributed by atoms with E-state index in [9.17, 15) is 4.79 Å². The second-order valence-electron chi connectivity index (χ2n) is 11.2. The van der Waals surface area contributed by atoms with E-state index in [1.807, 2.05) is 41.6 Å². The van der Waals surface area contributed by atoms with Crippen molar-refractivity contribution in [3.63, 3.8) is 0 Å². The third kappa shape index (κ3) is 8.04. The third-order valence-electron chi connectivity index (χ3n) is 6.35. The standard InChI is InChI=1S/C25H40BrN5O3Si/c1-25(2,12-7-6-8-13-34-22-11-9-10-21(26)28-22)24(32)30-16-19-20(17-30)31(29-23(19)27)18-33-14-15-35(3,4)5/h9-11H,6-8,12-18H2,1-5H3,(H2,27,29). The van der Waals surface area contributed by atoms with Crippen LogP contribution in [0.25, 0.3) is 0 Å². The van der Waals surface area contributed by atoms with Crippen molar-refractivity contribution in [2.75, 3.05) is 18.9 Å². The zero-order valence-electron chi connectivity index (χ0n) is 21.8. The lowest BCUT2D eigenvalue weighted by molar-refractivity contribution is -0.141. The third-order valence-corrected chi connectivity index (χ3v) is 8.49. The molecule has 3 rings (SSSR count). The molecule has 194 valence electrons. The number of halogens is 1. The van der Waals surface area contributed by atoms with Crippen molar-refractivity contribution in [2.24, 2.45) is 5.41 Å². The highest BCUT2D eigenvalue weighted by Crippen LogP contribution is 2.33. The van der Waals surface area contributed by atoms with Crippen LogP contribution in [-0.4, -0.2) is 46.9 Å². The van der Waals surface area contributed by atoms with Gasteiger partial charge in [0.15, 0.2) is 5.82 Å². The molecule has 0 aliphatic carbocycles. The number of amides is 1. The van der Waals surface area contributed by atoms with E-state index in [0.29, 0.717) is 38.1 Å². The Balaban J connectivity index is 1.43. The first kappa shape index (κ1) is 27.7. The molecule has 0 spiro atoms. The van der Waals surface area contributed by atoms with E-state index >= 15 is 0 Å². The average molecular weight is 567 g/mol. The predicted molar refractivity (Wildman–Crippen MR) is 145 cm³/mol. The van der Waals surface area contributed by atoms with E-state index in [2.05, 4.69) is 45.7 Å². The predicted octanol–water partition coefficient (Wildman–Crippen LogP) is 5.44. The number of carbonyl (C=O) groups is 1. The first-order chi connectivity index (χ1) is 16.5. The molecule has 0 saturated carbocycles. The number of pyridine rings is 1. The molecule has 2 aromatic heterocycles. The van der Waals surface area contributed by atoms with Crippen LogP contribution < -0.4 is 10.5 Å². The summed E-state index contributed by atoms with van der Waals surface area (Å²) >= 11 is 3.35. The summed E-state index contributed by atoms with van der Waals surface area (Å²) in [7, 11) is -1.14. The van der Waals surface area contributed by atoms with Gasteiger partial charge in [-0.1, -0.05) is 52.4 Å². The number of anilines is 1. The van der Waals surface area contributed by atoms with E-state index in [1.54, 1.807) is 0 Å². The Hall–Kier alpha value is -1.91. The molecule has 0 bridgehead atoms. The van der Waals surface area contributed by atoms with E-state index < -0.39 is 13.5 Å². The van der Waals surface area contributed by atoms with Crippen molar-refractivity contribution >= 4 is 35.7 Å². The number of nitrogen functional groups attached to an aromatic ring is 1. The number of carbonyl (C=O) groups excluding carboxylic acids is 1. The minimum absolute atomic E-state index is 0.161. The van der Waals surface area contributed by atoms with Gasteiger partial charge in [0.25, 0.3) is 0 Å². The van der Waals surface area contributed by atoms with Gasteiger partial charge in [0.05, 0.1) is 25.4 Å². The van der Waals surface area contributed by atoms with Gasteiger partial charge in [-0.15, -0.1) is 0 Å². The molecule has 3 heterocycles. The van der Waals surface area contributed by atoms with E-state index in [4.69, 9.17) is 15.2 Å². The van der Waals surface area contributed by atoms with Gasteiger partial charge >= 0.3 is 0 Å². The monoisotopic (exact) mass is 565 g/mol. The van der Waals surface area contributed by atoms with Crippen LogP contribution in [0.5, 0.6) is 5.88 Å². The fourth-order valence-electron chi connectivity index (χ4n) is 4.14. The molecule has 2 N–H and O–H groups in total. The summed E-state index contributed by atoms with van der Waals surface area (Å²) in [5.41, 5.74) is 7.70. The van der Waals surface area contributed by atoms with E-state index in [-0.39, 0.29) is 5.91 Å². The number of nitrogens with zero attached hydrogens (tertiary/aromatic N) is 4. The van der Waals surface area contributed by atoms with Crippen LogP contribution >= 0.6 is 15.9 Å². The van der Waals surface area contributed by atoms with Crippen LogP contribution in [0.3, 0.4) is 0 Å². The Morgan fingerprint density at radius 3 is 2.66 bits per heavy atom. The van der Waals surface area contributed by atoms with Gasteiger partial charge in [-0.2, -0.15) is 5.10 Å². The highest BCUT2D eigenvalue weighted by molar-refractivity contribution is 9.10. The van der Waals surface area contributed by atoms with Crippen molar-refractivity contribution in [3.05, 3.63) is 34.1 Å². The summed E-state index contributed by atoms with van der Waals surface area (Å²) in [5.74, 6) is 1.29. The minimum atomic E-state index is -1.14. The van der Waals surface area contributed by atoms with Gasteiger partial charge < -0.3 is 20.1 Å². The van der Waals surface area contributed by atoms with Crippen LogP contribution in [0.1, 0.15) is 50.8 Å². The number of ether oxygens (including phenoxy) is 2. The van der Waals surface area contributed by atoms with Gasteiger partial charge in [0.2, 0.25) is 11.8 Å². The molecule has 1 amide bonds. The summed E-state index contributed by atoms with van der Waals surface area (Å²) in [6.45, 7) is 13.9. The smallest absolute Gasteiger partial charge is 0.228 e. The zero-order chi connectivity index (χ0) is 25.6. The van der Waals surface area contributed by atoms with Crippen molar-refractivity contribution in [3.8, 4) is 5.88 Å². The molecule has 0 saturated heterocycles. The van der Waals surface area contributed by atoms with Crippen molar-refractivity contribution in [1.82, 2.24) is 19.7 Å². The van der Waals surface area contributed by atoms with Crippen molar-refractivity contribution in [1.29, 1.82) is 0 Å². The Bertz CT molecular complexity index is 1010. The molecule has 0 aromatic carbocycles. The molecule has 8 nitrogen and oxygen atoms in total. The maximum Gasteiger partial charge on any atom is 0.228 e. The summed E-state index contributed by atoms with van der Waals surface area (Å²) in [5, 5.41) is 4.45.